The van der Waals surface area contributed by atoms with Crippen LogP contribution in [0.3, 0.4) is 0 Å². The number of hydrogen-bond acceptors (Lipinski definition) is 6. The highest BCUT2D eigenvalue weighted by Crippen LogP contribution is 2.23. The molecule has 0 aliphatic carbocycles. The second kappa shape index (κ2) is 7.66. The summed E-state index contributed by atoms with van der Waals surface area (Å²) in [4.78, 5) is 30.5. The molecule has 6 nitrogen and oxygen atoms in total. The molecule has 1 N–H and O–H groups in total. The maximum atomic E-state index is 12.4. The summed E-state index contributed by atoms with van der Waals surface area (Å²) in [7, 11) is 0. The van der Waals surface area contributed by atoms with Crippen molar-refractivity contribution in [2.24, 2.45) is 0 Å². The van der Waals surface area contributed by atoms with Crippen molar-refractivity contribution in [1.29, 1.82) is 0 Å². The molecule has 0 saturated heterocycles. The molecule has 0 fully saturated rings. The van der Waals surface area contributed by atoms with Crippen molar-refractivity contribution in [2.75, 3.05) is 0 Å². The molecule has 2 aromatic carbocycles. The number of esters is 1. The fourth-order valence-corrected chi connectivity index (χ4v) is 3.44. The van der Waals surface area contributed by atoms with Gasteiger partial charge < -0.3 is 9.47 Å². The zero-order valence-electron chi connectivity index (χ0n) is 15.0. The van der Waals surface area contributed by atoms with Gasteiger partial charge in [0.2, 0.25) is 5.88 Å². The van der Waals surface area contributed by atoms with Crippen LogP contribution in [0.2, 0.25) is 0 Å². The average molecular weight is 392 g/mol. The first-order valence-corrected chi connectivity index (χ1v) is 9.39. The SMILES string of the molecule is Cc1cc(OC(=O)c2ccc(OCc3ccccc3)cc2)nc2[nH]c(=O)sc12. The number of aryl methyl sites for hydroxylation is 1. The minimum atomic E-state index is -0.529. The second-order valence-electron chi connectivity index (χ2n) is 6.16. The number of fused-ring (bicyclic) bond motifs is 1. The maximum absolute atomic E-state index is 12.4. The molecule has 0 atom stereocenters. The number of rotatable bonds is 5. The number of carbonyl (C=O) groups is 1. The third kappa shape index (κ3) is 3.94. The van der Waals surface area contributed by atoms with Crippen LogP contribution in [-0.2, 0) is 6.61 Å². The second-order valence-corrected chi connectivity index (χ2v) is 7.14. The molecule has 0 amide bonds. The van der Waals surface area contributed by atoms with Gasteiger partial charge in [0.05, 0.1) is 10.3 Å². The molecule has 0 bridgehead atoms. The minimum Gasteiger partial charge on any atom is -0.489 e. The fourth-order valence-electron chi connectivity index (χ4n) is 2.69. The Kier molecular flexibility index (Phi) is 4.90. The Morgan fingerprint density at radius 1 is 1.11 bits per heavy atom. The van der Waals surface area contributed by atoms with Crippen LogP contribution in [0.4, 0.5) is 0 Å². The van der Waals surface area contributed by atoms with Crippen molar-refractivity contribution in [3.8, 4) is 11.6 Å². The van der Waals surface area contributed by atoms with E-state index >= 15 is 0 Å². The lowest BCUT2D eigenvalue weighted by atomic mass is 10.2. The summed E-state index contributed by atoms with van der Waals surface area (Å²) >= 11 is 1.08. The van der Waals surface area contributed by atoms with Gasteiger partial charge in [-0.3, -0.25) is 9.78 Å². The van der Waals surface area contributed by atoms with E-state index in [0.717, 1.165) is 27.2 Å². The first-order valence-electron chi connectivity index (χ1n) is 8.58. The van der Waals surface area contributed by atoms with Crippen LogP contribution in [0.25, 0.3) is 10.3 Å². The van der Waals surface area contributed by atoms with Gasteiger partial charge in [-0.05, 0) is 42.3 Å². The normalized spacial score (nSPS) is 10.8. The monoisotopic (exact) mass is 392 g/mol. The molecule has 0 saturated carbocycles. The number of aromatic nitrogens is 2. The van der Waals surface area contributed by atoms with Gasteiger partial charge >= 0.3 is 10.8 Å². The van der Waals surface area contributed by atoms with Gasteiger partial charge in [-0.15, -0.1) is 0 Å². The highest BCUT2D eigenvalue weighted by atomic mass is 32.1. The molecular weight excluding hydrogens is 376 g/mol. The van der Waals surface area contributed by atoms with E-state index in [2.05, 4.69) is 9.97 Å². The zero-order chi connectivity index (χ0) is 19.5. The topological polar surface area (TPSA) is 81.3 Å². The Balaban J connectivity index is 1.44. The Morgan fingerprint density at radius 2 is 1.86 bits per heavy atom. The van der Waals surface area contributed by atoms with Crippen molar-refractivity contribution in [2.45, 2.75) is 13.5 Å². The molecular formula is C21H16N2O4S. The smallest absolute Gasteiger partial charge is 0.344 e. The van der Waals surface area contributed by atoms with Gasteiger partial charge in [0.1, 0.15) is 12.4 Å². The molecule has 0 aliphatic heterocycles. The summed E-state index contributed by atoms with van der Waals surface area (Å²) in [5, 5.41) is 0. The molecule has 0 spiro atoms. The van der Waals surface area contributed by atoms with Crippen molar-refractivity contribution in [3.63, 3.8) is 0 Å². The minimum absolute atomic E-state index is 0.147. The largest absolute Gasteiger partial charge is 0.489 e. The lowest BCUT2D eigenvalue weighted by Gasteiger charge is -2.08. The number of carbonyl (C=O) groups excluding carboxylic acids is 1. The van der Waals surface area contributed by atoms with E-state index < -0.39 is 5.97 Å². The van der Waals surface area contributed by atoms with Crippen LogP contribution in [0.15, 0.2) is 65.5 Å². The lowest BCUT2D eigenvalue weighted by Crippen LogP contribution is -2.09. The maximum Gasteiger partial charge on any atom is 0.344 e. The average Bonchev–Trinajstić information content (AvgIpc) is 3.08. The Bertz CT molecular complexity index is 1180. The summed E-state index contributed by atoms with van der Waals surface area (Å²) in [5.74, 6) is 0.276. The number of H-pyrrole nitrogens is 1. The van der Waals surface area contributed by atoms with Crippen molar-refractivity contribution >= 4 is 27.7 Å². The number of aromatic amines is 1. The Labute approximate surface area is 164 Å². The molecule has 140 valence electrons. The molecule has 2 heterocycles. The van der Waals surface area contributed by atoms with E-state index in [4.69, 9.17) is 9.47 Å². The summed E-state index contributed by atoms with van der Waals surface area (Å²) in [6.45, 7) is 2.29. The van der Waals surface area contributed by atoms with Crippen LogP contribution in [0.5, 0.6) is 11.6 Å². The standard InChI is InChI=1S/C21H16N2O4S/c1-13-11-17(22-19-18(13)28-21(25)23-19)27-20(24)15-7-9-16(10-8-15)26-12-14-5-3-2-4-6-14/h2-11H,12H2,1H3,(H,22,23,25). The van der Waals surface area contributed by atoms with E-state index in [9.17, 15) is 9.59 Å². The first-order chi connectivity index (χ1) is 13.6. The summed E-state index contributed by atoms with van der Waals surface area (Å²) < 4.78 is 11.8. The molecule has 0 radical (unpaired) electrons. The molecule has 4 aromatic rings. The van der Waals surface area contributed by atoms with E-state index in [0.29, 0.717) is 23.6 Å². The first kappa shape index (κ1) is 17.9. The molecule has 2 aromatic heterocycles. The number of nitrogens with one attached hydrogen (secondary N) is 1. The molecule has 0 unspecified atom stereocenters. The van der Waals surface area contributed by atoms with E-state index in [1.54, 1.807) is 30.3 Å². The van der Waals surface area contributed by atoms with Gasteiger partial charge in [-0.1, -0.05) is 41.7 Å². The zero-order valence-corrected chi connectivity index (χ0v) is 15.8. The molecule has 4 rings (SSSR count). The third-order valence-electron chi connectivity index (χ3n) is 4.09. The number of thiazole rings is 1. The van der Waals surface area contributed by atoms with Gasteiger partial charge in [-0.2, -0.15) is 4.98 Å². The van der Waals surface area contributed by atoms with Crippen LogP contribution in [0, 0.1) is 6.92 Å². The van der Waals surface area contributed by atoms with Crippen molar-refractivity contribution in [1.82, 2.24) is 9.97 Å². The molecule has 28 heavy (non-hydrogen) atoms. The van der Waals surface area contributed by atoms with Crippen LogP contribution in [-0.4, -0.2) is 15.9 Å². The summed E-state index contributed by atoms with van der Waals surface area (Å²) in [6.07, 6.45) is 0. The quantitative estimate of drug-likeness (QED) is 0.517. The van der Waals surface area contributed by atoms with Crippen LogP contribution < -0.4 is 14.3 Å². The highest BCUT2D eigenvalue weighted by molar-refractivity contribution is 7.16. The predicted octanol–water partition coefficient (Wildman–Crippen LogP) is 4.09. The van der Waals surface area contributed by atoms with E-state index in [-0.39, 0.29) is 10.8 Å². The lowest BCUT2D eigenvalue weighted by molar-refractivity contribution is 0.0728. The van der Waals surface area contributed by atoms with E-state index in [1.165, 1.54) is 0 Å². The Morgan fingerprint density at radius 3 is 2.61 bits per heavy atom. The molecule has 0 aliphatic rings. The number of ether oxygens (including phenoxy) is 2. The van der Waals surface area contributed by atoms with E-state index in [1.807, 2.05) is 37.3 Å². The van der Waals surface area contributed by atoms with Crippen molar-refractivity contribution in [3.05, 3.63) is 87.0 Å². The van der Waals surface area contributed by atoms with Crippen LogP contribution >= 0.6 is 11.3 Å². The van der Waals surface area contributed by atoms with Gasteiger partial charge in [0.25, 0.3) is 0 Å². The van der Waals surface area contributed by atoms with Gasteiger partial charge in [-0.25, -0.2) is 4.79 Å². The van der Waals surface area contributed by atoms with Gasteiger partial charge in [0.15, 0.2) is 5.65 Å². The number of hydrogen-bond donors (Lipinski definition) is 1. The number of benzene rings is 2. The third-order valence-corrected chi connectivity index (χ3v) is 5.09. The predicted molar refractivity (Wildman–Crippen MR) is 107 cm³/mol. The molecule has 7 heteroatoms. The van der Waals surface area contributed by atoms with Crippen molar-refractivity contribution < 1.29 is 14.3 Å². The number of nitrogens with zero attached hydrogens (tertiary/aromatic N) is 1. The highest BCUT2D eigenvalue weighted by Gasteiger charge is 2.13. The van der Waals surface area contributed by atoms with Crippen LogP contribution in [0.1, 0.15) is 21.5 Å². The number of pyridine rings is 1. The Hall–Kier alpha value is -3.45. The summed E-state index contributed by atoms with van der Waals surface area (Å²) in [6, 6.07) is 18.2. The fraction of sp³-hybridized carbons (Fsp3) is 0.0952. The summed E-state index contributed by atoms with van der Waals surface area (Å²) in [5.41, 5.74) is 2.68. The van der Waals surface area contributed by atoms with Gasteiger partial charge in [0, 0.05) is 6.07 Å².